The van der Waals surface area contributed by atoms with Gasteiger partial charge in [0.25, 0.3) is 0 Å². The minimum absolute atomic E-state index is 0.333. The van der Waals surface area contributed by atoms with Gasteiger partial charge in [-0.1, -0.05) is 85.0 Å². The lowest BCUT2D eigenvalue weighted by Gasteiger charge is -2.10. The summed E-state index contributed by atoms with van der Waals surface area (Å²) in [7, 11) is 0. The van der Waals surface area contributed by atoms with Gasteiger partial charge in [-0.15, -0.1) is 0 Å². The Morgan fingerprint density at radius 3 is 1.66 bits per heavy atom. The van der Waals surface area contributed by atoms with Crippen molar-refractivity contribution >= 4 is 11.9 Å². The molecule has 0 amide bonds. The highest BCUT2D eigenvalue weighted by Gasteiger charge is 2.12. The zero-order valence-electron chi connectivity index (χ0n) is 18.7. The first-order chi connectivity index (χ1) is 14.1. The van der Waals surface area contributed by atoms with Gasteiger partial charge in [-0.25, -0.2) is 9.59 Å². The molecule has 29 heavy (non-hydrogen) atoms. The molecular weight excluding hydrogens is 364 g/mol. The predicted molar refractivity (Wildman–Crippen MR) is 118 cm³/mol. The Labute approximate surface area is 177 Å². The second kappa shape index (κ2) is 16.0. The first kappa shape index (κ1) is 25.2. The molecule has 0 heterocycles. The zero-order valence-corrected chi connectivity index (χ0v) is 18.7. The van der Waals surface area contributed by atoms with E-state index in [9.17, 15) is 9.59 Å². The summed E-state index contributed by atoms with van der Waals surface area (Å²) >= 11 is 0. The quantitative estimate of drug-likeness (QED) is 0.220. The number of unbranched alkanes of at least 4 members (excludes halogenated alkanes) is 9. The van der Waals surface area contributed by atoms with E-state index >= 15 is 0 Å². The molecule has 0 saturated carbocycles. The van der Waals surface area contributed by atoms with Crippen LogP contribution in [0.5, 0.6) is 0 Å². The largest absolute Gasteiger partial charge is 0.462 e. The number of esters is 2. The van der Waals surface area contributed by atoms with Gasteiger partial charge in [0, 0.05) is 0 Å². The SMILES string of the molecule is CCCCCCCCCCCCOC(=O)c1ccc(C(=O)OCC(C)CC)cc1. The molecule has 4 heteroatoms. The number of hydrogen-bond acceptors (Lipinski definition) is 4. The monoisotopic (exact) mass is 404 g/mol. The first-order valence-corrected chi connectivity index (χ1v) is 11.5. The summed E-state index contributed by atoms with van der Waals surface area (Å²) in [6.07, 6.45) is 13.5. The molecule has 0 aliphatic heterocycles. The van der Waals surface area contributed by atoms with Crippen LogP contribution in [0.2, 0.25) is 0 Å². The van der Waals surface area contributed by atoms with Crippen LogP contribution in [0.15, 0.2) is 24.3 Å². The zero-order chi connectivity index (χ0) is 21.3. The highest BCUT2D eigenvalue weighted by molar-refractivity contribution is 5.93. The number of hydrogen-bond donors (Lipinski definition) is 0. The fraction of sp³-hybridized carbons (Fsp3) is 0.680. The molecule has 1 rings (SSSR count). The topological polar surface area (TPSA) is 52.6 Å². The summed E-state index contributed by atoms with van der Waals surface area (Å²) < 4.78 is 10.6. The molecule has 0 saturated heterocycles. The summed E-state index contributed by atoms with van der Waals surface area (Å²) in [5.41, 5.74) is 0.926. The van der Waals surface area contributed by atoms with Gasteiger partial charge in [-0.3, -0.25) is 0 Å². The molecule has 0 aliphatic rings. The van der Waals surface area contributed by atoms with Crippen LogP contribution < -0.4 is 0 Å². The van der Waals surface area contributed by atoms with Crippen molar-refractivity contribution in [2.75, 3.05) is 13.2 Å². The first-order valence-electron chi connectivity index (χ1n) is 11.5. The molecule has 1 atom stereocenters. The summed E-state index contributed by atoms with van der Waals surface area (Å²) in [5.74, 6) is -0.338. The van der Waals surface area contributed by atoms with E-state index in [-0.39, 0.29) is 11.9 Å². The average molecular weight is 405 g/mol. The van der Waals surface area contributed by atoms with Gasteiger partial charge in [-0.05, 0) is 36.6 Å². The fourth-order valence-electron chi connectivity index (χ4n) is 3.00. The smallest absolute Gasteiger partial charge is 0.338 e. The van der Waals surface area contributed by atoms with E-state index < -0.39 is 0 Å². The van der Waals surface area contributed by atoms with E-state index in [0.29, 0.717) is 30.3 Å². The van der Waals surface area contributed by atoms with Gasteiger partial charge in [-0.2, -0.15) is 0 Å². The predicted octanol–water partition coefficient (Wildman–Crippen LogP) is 6.97. The van der Waals surface area contributed by atoms with Crippen LogP contribution >= 0.6 is 0 Å². The van der Waals surface area contributed by atoms with Crippen molar-refractivity contribution in [3.63, 3.8) is 0 Å². The lowest BCUT2D eigenvalue weighted by Crippen LogP contribution is -2.12. The van der Waals surface area contributed by atoms with Crippen LogP contribution in [0.3, 0.4) is 0 Å². The standard InChI is InChI=1S/C25H40O4/c1-4-6-7-8-9-10-11-12-13-14-19-28-24(26)22-15-17-23(18-16-22)25(27)29-20-21(3)5-2/h15-18,21H,4-14,19-20H2,1-3H3. The molecule has 0 bridgehead atoms. The summed E-state index contributed by atoms with van der Waals surface area (Å²) in [6, 6.07) is 6.49. The highest BCUT2D eigenvalue weighted by Crippen LogP contribution is 2.12. The van der Waals surface area contributed by atoms with Crippen molar-refractivity contribution in [2.45, 2.75) is 91.4 Å². The second-order valence-corrected chi connectivity index (χ2v) is 8.01. The van der Waals surface area contributed by atoms with E-state index in [4.69, 9.17) is 9.47 Å². The van der Waals surface area contributed by atoms with Gasteiger partial charge < -0.3 is 9.47 Å². The average Bonchev–Trinajstić information content (AvgIpc) is 2.75. The summed E-state index contributed by atoms with van der Waals surface area (Å²) in [4.78, 5) is 24.1. The van der Waals surface area contributed by atoms with Crippen molar-refractivity contribution in [3.05, 3.63) is 35.4 Å². The molecule has 1 aromatic carbocycles. The van der Waals surface area contributed by atoms with Crippen molar-refractivity contribution in [2.24, 2.45) is 5.92 Å². The normalized spacial score (nSPS) is 11.8. The van der Waals surface area contributed by atoms with E-state index in [1.807, 2.05) is 6.92 Å². The van der Waals surface area contributed by atoms with E-state index in [1.165, 1.54) is 51.4 Å². The van der Waals surface area contributed by atoms with Gasteiger partial charge >= 0.3 is 11.9 Å². The van der Waals surface area contributed by atoms with Crippen molar-refractivity contribution < 1.29 is 19.1 Å². The molecule has 0 fully saturated rings. The minimum Gasteiger partial charge on any atom is -0.462 e. The molecular formula is C25H40O4. The van der Waals surface area contributed by atoms with Crippen LogP contribution in [0.1, 0.15) is 112 Å². The minimum atomic E-state index is -0.351. The van der Waals surface area contributed by atoms with Crippen LogP contribution in [0.25, 0.3) is 0 Å². The fourth-order valence-corrected chi connectivity index (χ4v) is 3.00. The van der Waals surface area contributed by atoms with Gasteiger partial charge in [0.05, 0.1) is 24.3 Å². The summed E-state index contributed by atoms with van der Waals surface area (Å²) in [6.45, 7) is 7.22. The Morgan fingerprint density at radius 2 is 1.17 bits per heavy atom. The molecule has 0 aliphatic carbocycles. The number of carbonyl (C=O) groups excluding carboxylic acids is 2. The van der Waals surface area contributed by atoms with E-state index in [2.05, 4.69) is 13.8 Å². The highest BCUT2D eigenvalue weighted by atomic mass is 16.5. The maximum atomic E-state index is 12.1. The van der Waals surface area contributed by atoms with Gasteiger partial charge in [0.2, 0.25) is 0 Å². The second-order valence-electron chi connectivity index (χ2n) is 8.01. The molecule has 1 unspecified atom stereocenters. The summed E-state index contributed by atoms with van der Waals surface area (Å²) in [5, 5.41) is 0. The van der Waals surface area contributed by atoms with E-state index in [0.717, 1.165) is 19.3 Å². The molecule has 4 nitrogen and oxygen atoms in total. The Morgan fingerprint density at radius 1 is 0.724 bits per heavy atom. The Bertz CT molecular complexity index is 565. The number of ether oxygens (including phenoxy) is 2. The maximum Gasteiger partial charge on any atom is 0.338 e. The number of rotatable bonds is 16. The molecule has 0 spiro atoms. The van der Waals surface area contributed by atoms with Crippen molar-refractivity contribution in [1.82, 2.24) is 0 Å². The van der Waals surface area contributed by atoms with Crippen LogP contribution in [0, 0.1) is 5.92 Å². The van der Waals surface area contributed by atoms with E-state index in [1.54, 1.807) is 24.3 Å². The lowest BCUT2D eigenvalue weighted by atomic mass is 10.1. The molecule has 0 N–H and O–H groups in total. The number of carbonyl (C=O) groups is 2. The Hall–Kier alpha value is -1.84. The molecule has 164 valence electrons. The van der Waals surface area contributed by atoms with Crippen LogP contribution in [-0.2, 0) is 9.47 Å². The van der Waals surface area contributed by atoms with Crippen molar-refractivity contribution in [1.29, 1.82) is 0 Å². The third-order valence-electron chi connectivity index (χ3n) is 5.28. The molecule has 0 aromatic heterocycles. The maximum absolute atomic E-state index is 12.1. The molecule has 0 radical (unpaired) electrons. The third kappa shape index (κ3) is 11.7. The van der Waals surface area contributed by atoms with Gasteiger partial charge in [0.15, 0.2) is 0 Å². The Kier molecular flexibility index (Phi) is 13.9. The van der Waals surface area contributed by atoms with Crippen LogP contribution in [-0.4, -0.2) is 25.2 Å². The van der Waals surface area contributed by atoms with Crippen molar-refractivity contribution in [3.8, 4) is 0 Å². The molecule has 1 aromatic rings. The van der Waals surface area contributed by atoms with Crippen LogP contribution in [0.4, 0.5) is 0 Å². The lowest BCUT2D eigenvalue weighted by molar-refractivity contribution is 0.0443. The number of benzene rings is 1. The third-order valence-corrected chi connectivity index (χ3v) is 5.28. The van der Waals surface area contributed by atoms with Gasteiger partial charge in [0.1, 0.15) is 0 Å². The Balaban J connectivity index is 2.14.